The van der Waals surface area contributed by atoms with Crippen LogP contribution in [0, 0.1) is 0 Å². The predicted octanol–water partition coefficient (Wildman–Crippen LogP) is 0.315. The first-order valence-corrected chi connectivity index (χ1v) is 4.94. The summed E-state index contributed by atoms with van der Waals surface area (Å²) in [7, 11) is 0. The van der Waals surface area contributed by atoms with Gasteiger partial charge in [0.2, 0.25) is 5.91 Å². The van der Waals surface area contributed by atoms with Gasteiger partial charge in [-0.3, -0.25) is 14.4 Å². The summed E-state index contributed by atoms with van der Waals surface area (Å²) in [6.45, 7) is -0.349. The molecule has 0 spiro atoms. The van der Waals surface area contributed by atoms with Crippen LogP contribution in [-0.4, -0.2) is 23.4 Å². The summed E-state index contributed by atoms with van der Waals surface area (Å²) in [6.07, 6.45) is 1.79. The van der Waals surface area contributed by atoms with E-state index < -0.39 is 11.8 Å². The monoisotopic (exact) mass is 233 g/mol. The van der Waals surface area contributed by atoms with Crippen LogP contribution in [0.2, 0.25) is 0 Å². The molecule has 0 atom stereocenters. The molecular formula is C11H11N3O3. The minimum atomic E-state index is -0.647. The fourth-order valence-corrected chi connectivity index (χ4v) is 1.43. The first kappa shape index (κ1) is 11.2. The third kappa shape index (κ3) is 2.61. The molecule has 17 heavy (non-hydrogen) atoms. The maximum Gasteiger partial charge on any atom is 0.274 e. The number of fused-ring (bicyclic) bond motifs is 1. The van der Waals surface area contributed by atoms with Gasteiger partial charge in [0.05, 0.1) is 0 Å². The molecule has 1 heterocycles. The molecule has 2 rings (SSSR count). The van der Waals surface area contributed by atoms with E-state index in [0.29, 0.717) is 5.56 Å². The van der Waals surface area contributed by atoms with Gasteiger partial charge in [-0.15, -0.1) is 0 Å². The van der Waals surface area contributed by atoms with Gasteiger partial charge in [-0.2, -0.15) is 0 Å². The van der Waals surface area contributed by atoms with Crippen LogP contribution in [0.15, 0.2) is 30.5 Å². The number of nitrogens with two attached hydrogens (primary N) is 1. The average molecular weight is 233 g/mol. The summed E-state index contributed by atoms with van der Waals surface area (Å²) in [6, 6.07) is 7.02. The van der Waals surface area contributed by atoms with Crippen molar-refractivity contribution in [3.05, 3.63) is 36.0 Å². The molecule has 1 aromatic carbocycles. The van der Waals surface area contributed by atoms with E-state index in [2.05, 4.69) is 15.3 Å². The van der Waals surface area contributed by atoms with Crippen LogP contribution in [0.1, 0.15) is 10.4 Å². The Morgan fingerprint density at radius 3 is 2.94 bits per heavy atom. The number of amides is 2. The summed E-state index contributed by atoms with van der Waals surface area (Å²) >= 11 is 0. The normalized spacial score (nSPS) is 10.4. The molecule has 2 amide bonds. The lowest BCUT2D eigenvalue weighted by Crippen LogP contribution is -2.29. The van der Waals surface area contributed by atoms with Gasteiger partial charge in [-0.05, 0) is 24.3 Å². The van der Waals surface area contributed by atoms with Gasteiger partial charge in [0.15, 0.2) is 6.61 Å². The fraction of sp³-hybridized carbons (Fsp3) is 0.0909. The summed E-state index contributed by atoms with van der Waals surface area (Å²) < 4.78 is 0. The van der Waals surface area contributed by atoms with Gasteiger partial charge in [0.1, 0.15) is 0 Å². The van der Waals surface area contributed by atoms with Crippen LogP contribution in [0.25, 0.3) is 10.9 Å². The standard InChI is InChI=1S/C11H11N3O3/c12-10(15)6-17-14-11(16)8-1-2-9-7(5-8)3-4-13-9/h1-5,13H,6H2,(H2,12,15)(H,14,16). The lowest BCUT2D eigenvalue weighted by molar-refractivity contribution is -0.124. The van der Waals surface area contributed by atoms with Crippen molar-refractivity contribution in [2.45, 2.75) is 0 Å². The molecule has 0 fully saturated rings. The van der Waals surface area contributed by atoms with Crippen molar-refractivity contribution in [3.8, 4) is 0 Å². The number of rotatable bonds is 4. The van der Waals surface area contributed by atoms with Crippen molar-refractivity contribution in [2.24, 2.45) is 5.73 Å². The lowest BCUT2D eigenvalue weighted by atomic mass is 10.1. The highest BCUT2D eigenvalue weighted by Gasteiger charge is 2.07. The van der Waals surface area contributed by atoms with Crippen molar-refractivity contribution in [2.75, 3.05) is 6.61 Å². The summed E-state index contributed by atoms with van der Waals surface area (Å²) in [5, 5.41) is 0.924. The first-order valence-electron chi connectivity index (χ1n) is 4.94. The number of aromatic amines is 1. The molecule has 0 bridgehead atoms. The minimum absolute atomic E-state index is 0.349. The number of H-pyrrole nitrogens is 1. The van der Waals surface area contributed by atoms with E-state index in [1.165, 1.54) is 0 Å². The Balaban J connectivity index is 2.05. The SMILES string of the molecule is NC(=O)CONC(=O)c1ccc2[nH]ccc2c1. The topological polar surface area (TPSA) is 97.2 Å². The van der Waals surface area contributed by atoms with E-state index in [1.807, 2.05) is 6.07 Å². The Morgan fingerprint density at radius 2 is 2.18 bits per heavy atom. The molecule has 0 saturated carbocycles. The molecule has 88 valence electrons. The minimum Gasteiger partial charge on any atom is -0.368 e. The molecule has 0 radical (unpaired) electrons. The maximum absolute atomic E-state index is 11.6. The number of carbonyl (C=O) groups is 2. The van der Waals surface area contributed by atoms with Gasteiger partial charge < -0.3 is 10.7 Å². The second kappa shape index (κ2) is 4.67. The van der Waals surface area contributed by atoms with Crippen LogP contribution in [0.5, 0.6) is 0 Å². The zero-order valence-corrected chi connectivity index (χ0v) is 8.90. The van der Waals surface area contributed by atoms with E-state index in [9.17, 15) is 9.59 Å². The van der Waals surface area contributed by atoms with Crippen LogP contribution in [0.4, 0.5) is 0 Å². The largest absolute Gasteiger partial charge is 0.368 e. The Morgan fingerprint density at radius 1 is 1.35 bits per heavy atom. The molecule has 4 N–H and O–H groups in total. The number of hydrogen-bond donors (Lipinski definition) is 3. The van der Waals surface area contributed by atoms with Crippen molar-refractivity contribution in [3.63, 3.8) is 0 Å². The molecule has 6 nitrogen and oxygen atoms in total. The van der Waals surface area contributed by atoms with Gasteiger partial charge in [0, 0.05) is 22.7 Å². The molecule has 0 aliphatic rings. The molecule has 0 saturated heterocycles. The van der Waals surface area contributed by atoms with Gasteiger partial charge in [-0.25, -0.2) is 5.48 Å². The number of aromatic nitrogens is 1. The quantitative estimate of drug-likeness (QED) is 0.663. The van der Waals surface area contributed by atoms with Crippen LogP contribution in [0.3, 0.4) is 0 Å². The van der Waals surface area contributed by atoms with Gasteiger partial charge in [-0.1, -0.05) is 0 Å². The Bertz CT molecular complexity index is 562. The highest BCUT2D eigenvalue weighted by atomic mass is 16.7. The highest BCUT2D eigenvalue weighted by Crippen LogP contribution is 2.13. The maximum atomic E-state index is 11.6. The summed E-state index contributed by atoms with van der Waals surface area (Å²) in [4.78, 5) is 29.6. The van der Waals surface area contributed by atoms with Crippen molar-refractivity contribution in [1.82, 2.24) is 10.5 Å². The van der Waals surface area contributed by atoms with E-state index >= 15 is 0 Å². The smallest absolute Gasteiger partial charge is 0.274 e. The van der Waals surface area contributed by atoms with Crippen LogP contribution >= 0.6 is 0 Å². The third-order valence-electron chi connectivity index (χ3n) is 2.19. The molecule has 0 unspecified atom stereocenters. The third-order valence-corrected chi connectivity index (χ3v) is 2.19. The van der Waals surface area contributed by atoms with Crippen LogP contribution < -0.4 is 11.2 Å². The van der Waals surface area contributed by atoms with E-state index in [1.54, 1.807) is 24.4 Å². The Kier molecular flexibility index (Phi) is 3.06. The fourth-order valence-electron chi connectivity index (χ4n) is 1.43. The number of nitrogens with one attached hydrogen (secondary N) is 2. The number of hydroxylamine groups is 1. The number of hydrogen-bond acceptors (Lipinski definition) is 3. The number of benzene rings is 1. The second-order valence-electron chi connectivity index (χ2n) is 3.47. The molecular weight excluding hydrogens is 222 g/mol. The van der Waals surface area contributed by atoms with Crippen molar-refractivity contribution in [1.29, 1.82) is 0 Å². The molecule has 0 aliphatic carbocycles. The van der Waals surface area contributed by atoms with E-state index in [-0.39, 0.29) is 6.61 Å². The summed E-state index contributed by atoms with van der Waals surface area (Å²) in [5.74, 6) is -1.07. The highest BCUT2D eigenvalue weighted by molar-refractivity contribution is 5.97. The van der Waals surface area contributed by atoms with E-state index in [0.717, 1.165) is 10.9 Å². The second-order valence-corrected chi connectivity index (χ2v) is 3.47. The lowest BCUT2D eigenvalue weighted by Gasteiger charge is -2.04. The molecule has 1 aromatic heterocycles. The van der Waals surface area contributed by atoms with Crippen LogP contribution in [-0.2, 0) is 9.63 Å². The zero-order valence-electron chi connectivity index (χ0n) is 8.90. The van der Waals surface area contributed by atoms with E-state index in [4.69, 9.17) is 5.73 Å². The first-order chi connectivity index (χ1) is 8.16. The molecule has 0 aliphatic heterocycles. The van der Waals surface area contributed by atoms with Gasteiger partial charge in [0.25, 0.3) is 5.91 Å². The molecule has 2 aromatic rings. The van der Waals surface area contributed by atoms with Crippen molar-refractivity contribution >= 4 is 22.7 Å². The van der Waals surface area contributed by atoms with Gasteiger partial charge >= 0.3 is 0 Å². The predicted molar refractivity (Wildman–Crippen MR) is 60.9 cm³/mol. The Labute approximate surface area is 96.7 Å². The molecule has 6 heteroatoms. The Hall–Kier alpha value is -2.34. The summed E-state index contributed by atoms with van der Waals surface area (Å²) in [5.41, 5.74) is 8.39. The zero-order chi connectivity index (χ0) is 12.3. The van der Waals surface area contributed by atoms with Crippen molar-refractivity contribution < 1.29 is 14.4 Å². The average Bonchev–Trinajstić information content (AvgIpc) is 2.75. The number of primary amides is 1. The number of carbonyl (C=O) groups excluding carboxylic acids is 2.